The third kappa shape index (κ3) is 2.66. The molecule has 4 heterocycles. The first-order valence-corrected chi connectivity index (χ1v) is 10.1. The SMILES string of the molecule is Cl.Cn1c(Cl)cnc1CN1C(=O)C2(COc3cc4c(cc32)OCCO4)c2ccccc21. The number of hydrogen-bond acceptors (Lipinski definition) is 5. The Morgan fingerprint density at radius 2 is 1.81 bits per heavy atom. The number of halogens is 2. The summed E-state index contributed by atoms with van der Waals surface area (Å²) in [6.07, 6.45) is 1.59. The van der Waals surface area contributed by atoms with Crippen molar-refractivity contribution in [2.45, 2.75) is 12.0 Å². The minimum absolute atomic E-state index is 0. The molecule has 0 radical (unpaired) electrons. The number of fused-ring (bicyclic) bond motifs is 5. The van der Waals surface area contributed by atoms with Gasteiger partial charge >= 0.3 is 0 Å². The van der Waals surface area contributed by atoms with Gasteiger partial charge in [0.15, 0.2) is 11.5 Å². The summed E-state index contributed by atoms with van der Waals surface area (Å²) in [5, 5.41) is 0.526. The molecule has 9 heteroatoms. The van der Waals surface area contributed by atoms with Gasteiger partial charge in [0, 0.05) is 24.4 Å². The maximum absolute atomic E-state index is 13.9. The van der Waals surface area contributed by atoms with Gasteiger partial charge in [-0.15, -0.1) is 12.4 Å². The Balaban J connectivity index is 0.00000204. The van der Waals surface area contributed by atoms with E-state index in [1.165, 1.54) is 0 Å². The van der Waals surface area contributed by atoms with Gasteiger partial charge < -0.3 is 23.7 Å². The smallest absolute Gasteiger partial charge is 0.246 e. The number of ether oxygens (including phenoxy) is 3. The summed E-state index contributed by atoms with van der Waals surface area (Å²) in [5.41, 5.74) is 1.67. The Labute approximate surface area is 189 Å². The summed E-state index contributed by atoms with van der Waals surface area (Å²) in [6.45, 7) is 1.54. The Morgan fingerprint density at radius 3 is 2.55 bits per heavy atom. The van der Waals surface area contributed by atoms with Crippen molar-refractivity contribution in [1.29, 1.82) is 0 Å². The van der Waals surface area contributed by atoms with Crippen molar-refractivity contribution in [1.82, 2.24) is 9.55 Å². The van der Waals surface area contributed by atoms with Crippen molar-refractivity contribution < 1.29 is 19.0 Å². The predicted octanol–water partition coefficient (Wildman–Crippen LogP) is 3.49. The van der Waals surface area contributed by atoms with Crippen LogP contribution in [0.25, 0.3) is 0 Å². The highest BCUT2D eigenvalue weighted by Gasteiger charge is 2.57. The number of anilines is 1. The van der Waals surface area contributed by atoms with Crippen LogP contribution in [0, 0.1) is 0 Å². The summed E-state index contributed by atoms with van der Waals surface area (Å²) in [7, 11) is 1.84. The number of para-hydroxylation sites is 1. The summed E-state index contributed by atoms with van der Waals surface area (Å²) >= 11 is 6.16. The van der Waals surface area contributed by atoms with Gasteiger partial charge in [0.25, 0.3) is 0 Å². The second kappa shape index (κ2) is 7.07. The number of rotatable bonds is 2. The summed E-state index contributed by atoms with van der Waals surface area (Å²) < 4.78 is 19.3. The average molecular weight is 460 g/mol. The van der Waals surface area contributed by atoms with E-state index in [0.717, 1.165) is 16.8 Å². The molecule has 1 unspecified atom stereocenters. The van der Waals surface area contributed by atoms with Crippen LogP contribution in [0.5, 0.6) is 17.2 Å². The molecule has 0 saturated carbocycles. The molecule has 31 heavy (non-hydrogen) atoms. The zero-order valence-electron chi connectivity index (χ0n) is 16.6. The third-order valence-electron chi connectivity index (χ3n) is 6.14. The molecule has 1 amide bonds. The summed E-state index contributed by atoms with van der Waals surface area (Å²) in [5.74, 6) is 2.61. The van der Waals surface area contributed by atoms with E-state index >= 15 is 0 Å². The average Bonchev–Trinajstić information content (AvgIpc) is 3.38. The number of aromatic nitrogens is 2. The van der Waals surface area contributed by atoms with Gasteiger partial charge in [-0.25, -0.2) is 4.98 Å². The van der Waals surface area contributed by atoms with Gasteiger partial charge in [0.2, 0.25) is 5.91 Å². The van der Waals surface area contributed by atoms with Crippen LogP contribution in [-0.4, -0.2) is 35.3 Å². The van der Waals surface area contributed by atoms with E-state index in [0.29, 0.717) is 48.0 Å². The molecule has 7 nitrogen and oxygen atoms in total. The molecule has 6 rings (SSSR count). The number of nitrogens with zero attached hydrogens (tertiary/aromatic N) is 3. The standard InChI is InChI=1S/C22H18ClN3O4.ClH/c1-25-19(23)10-24-20(25)11-26-15-5-3-2-4-13(15)22(21(26)27)12-30-16-9-18-17(8-14(16)22)28-6-7-29-18;/h2-5,8-10H,6-7,11-12H2,1H3;1H. The van der Waals surface area contributed by atoms with E-state index in [4.69, 9.17) is 25.8 Å². The van der Waals surface area contributed by atoms with Crippen LogP contribution in [0.4, 0.5) is 5.69 Å². The van der Waals surface area contributed by atoms with Crippen LogP contribution in [-0.2, 0) is 23.8 Å². The van der Waals surface area contributed by atoms with Gasteiger partial charge in [-0.05, 0) is 17.7 Å². The Hall–Kier alpha value is -2.90. The van der Waals surface area contributed by atoms with E-state index in [2.05, 4.69) is 4.98 Å². The topological polar surface area (TPSA) is 65.8 Å². The van der Waals surface area contributed by atoms with Crippen LogP contribution >= 0.6 is 24.0 Å². The van der Waals surface area contributed by atoms with Crippen molar-refractivity contribution in [3.05, 3.63) is 64.7 Å². The largest absolute Gasteiger partial charge is 0.491 e. The highest BCUT2D eigenvalue weighted by molar-refractivity contribution is 6.29. The first kappa shape index (κ1) is 20.0. The lowest BCUT2D eigenvalue weighted by Gasteiger charge is -2.24. The molecule has 1 atom stereocenters. The first-order chi connectivity index (χ1) is 14.6. The van der Waals surface area contributed by atoms with Crippen LogP contribution in [0.15, 0.2) is 42.6 Å². The number of carbonyl (C=O) groups is 1. The van der Waals surface area contributed by atoms with Gasteiger partial charge in [0.1, 0.15) is 42.0 Å². The van der Waals surface area contributed by atoms with Crippen LogP contribution in [0.3, 0.4) is 0 Å². The van der Waals surface area contributed by atoms with Gasteiger partial charge in [0.05, 0.1) is 12.7 Å². The number of carbonyl (C=O) groups excluding carboxylic acids is 1. The van der Waals surface area contributed by atoms with Gasteiger partial charge in [-0.3, -0.25) is 4.79 Å². The molecule has 0 fully saturated rings. The van der Waals surface area contributed by atoms with Crippen LogP contribution in [0.1, 0.15) is 17.0 Å². The molecule has 3 aliphatic rings. The van der Waals surface area contributed by atoms with Crippen LogP contribution < -0.4 is 19.1 Å². The molecule has 3 aliphatic heterocycles. The zero-order chi connectivity index (χ0) is 20.5. The molecule has 0 bridgehead atoms. The van der Waals surface area contributed by atoms with Crippen molar-refractivity contribution in [3.63, 3.8) is 0 Å². The van der Waals surface area contributed by atoms with Gasteiger partial charge in [-0.2, -0.15) is 0 Å². The number of imidazole rings is 1. The minimum Gasteiger partial charge on any atom is -0.491 e. The zero-order valence-corrected chi connectivity index (χ0v) is 18.2. The lowest BCUT2D eigenvalue weighted by molar-refractivity contribution is -0.122. The first-order valence-electron chi connectivity index (χ1n) is 9.74. The Bertz CT molecular complexity index is 1210. The van der Waals surface area contributed by atoms with E-state index in [-0.39, 0.29) is 24.9 Å². The molecule has 2 aromatic carbocycles. The fourth-order valence-corrected chi connectivity index (χ4v) is 4.73. The maximum Gasteiger partial charge on any atom is 0.246 e. The normalized spacial score (nSPS) is 20.3. The molecular formula is C22H19Cl2N3O4. The number of amides is 1. The molecule has 1 spiro atoms. The lowest BCUT2D eigenvalue weighted by Crippen LogP contribution is -2.42. The number of benzene rings is 2. The van der Waals surface area contributed by atoms with Crippen molar-refractivity contribution in [2.24, 2.45) is 7.05 Å². The second-order valence-electron chi connectivity index (χ2n) is 7.65. The summed E-state index contributed by atoms with van der Waals surface area (Å²) in [6, 6.07) is 11.6. The van der Waals surface area contributed by atoms with Crippen molar-refractivity contribution >= 4 is 35.6 Å². The van der Waals surface area contributed by atoms with E-state index in [1.807, 2.05) is 43.4 Å². The highest BCUT2D eigenvalue weighted by atomic mass is 35.5. The fourth-order valence-electron chi connectivity index (χ4n) is 4.58. The second-order valence-corrected chi connectivity index (χ2v) is 8.04. The van der Waals surface area contributed by atoms with Crippen molar-refractivity contribution in [2.75, 3.05) is 24.7 Å². The minimum atomic E-state index is -0.920. The van der Waals surface area contributed by atoms with Crippen molar-refractivity contribution in [3.8, 4) is 17.2 Å². The highest BCUT2D eigenvalue weighted by Crippen LogP contribution is 2.54. The quantitative estimate of drug-likeness (QED) is 0.586. The van der Waals surface area contributed by atoms with E-state index in [9.17, 15) is 4.79 Å². The fraction of sp³-hybridized carbons (Fsp3) is 0.273. The Kier molecular flexibility index (Phi) is 4.57. The number of hydrogen-bond donors (Lipinski definition) is 0. The monoisotopic (exact) mass is 459 g/mol. The maximum atomic E-state index is 13.9. The van der Waals surface area contributed by atoms with E-state index < -0.39 is 5.41 Å². The summed E-state index contributed by atoms with van der Waals surface area (Å²) in [4.78, 5) is 20.1. The van der Waals surface area contributed by atoms with E-state index in [1.54, 1.807) is 15.7 Å². The predicted molar refractivity (Wildman–Crippen MR) is 117 cm³/mol. The Morgan fingerprint density at radius 1 is 1.06 bits per heavy atom. The molecular weight excluding hydrogens is 441 g/mol. The van der Waals surface area contributed by atoms with Crippen LogP contribution in [0.2, 0.25) is 5.15 Å². The molecule has 1 aromatic heterocycles. The molecule has 0 aliphatic carbocycles. The molecule has 0 saturated heterocycles. The molecule has 3 aromatic rings. The lowest BCUT2D eigenvalue weighted by atomic mass is 9.77. The molecule has 160 valence electrons. The molecule has 0 N–H and O–H groups in total. The third-order valence-corrected chi connectivity index (χ3v) is 6.49. The van der Waals surface area contributed by atoms with Gasteiger partial charge in [-0.1, -0.05) is 29.8 Å².